The molecule has 0 saturated heterocycles. The van der Waals surface area contributed by atoms with E-state index in [0.29, 0.717) is 6.04 Å². The van der Waals surface area contributed by atoms with Crippen LogP contribution < -0.4 is 5.73 Å². The summed E-state index contributed by atoms with van der Waals surface area (Å²) in [6.07, 6.45) is 6.02. The smallest absolute Gasteiger partial charge is 0.0558 e. The second kappa shape index (κ2) is 7.92. The molecule has 3 heteroatoms. The van der Waals surface area contributed by atoms with Crippen molar-refractivity contribution in [1.82, 2.24) is 4.90 Å². The SMILES string of the molecule is CCC(N)C(c1ccc(C)cc1)N(CCO)C1CCCC1. The second-order valence-electron chi connectivity index (χ2n) is 6.33. The van der Waals surface area contributed by atoms with Gasteiger partial charge in [-0.05, 0) is 31.7 Å². The van der Waals surface area contributed by atoms with Crippen molar-refractivity contribution in [3.05, 3.63) is 35.4 Å². The number of aliphatic hydroxyl groups excluding tert-OH is 1. The van der Waals surface area contributed by atoms with Gasteiger partial charge in [0.05, 0.1) is 12.6 Å². The predicted molar refractivity (Wildman–Crippen MR) is 88.2 cm³/mol. The lowest BCUT2D eigenvalue weighted by Gasteiger charge is -2.39. The Bertz CT molecular complexity index is 412. The first-order valence-corrected chi connectivity index (χ1v) is 8.36. The zero-order chi connectivity index (χ0) is 15.2. The van der Waals surface area contributed by atoms with Crippen LogP contribution in [0.5, 0.6) is 0 Å². The summed E-state index contributed by atoms with van der Waals surface area (Å²) in [6, 6.07) is 9.63. The van der Waals surface area contributed by atoms with Crippen molar-refractivity contribution >= 4 is 0 Å². The number of hydrogen-bond acceptors (Lipinski definition) is 3. The summed E-state index contributed by atoms with van der Waals surface area (Å²) in [5.41, 5.74) is 9.03. The number of nitrogens with zero attached hydrogens (tertiary/aromatic N) is 1. The molecule has 0 bridgehead atoms. The van der Waals surface area contributed by atoms with Crippen molar-refractivity contribution in [2.24, 2.45) is 5.73 Å². The highest BCUT2D eigenvalue weighted by Crippen LogP contribution is 2.33. The highest BCUT2D eigenvalue weighted by molar-refractivity contribution is 5.25. The minimum Gasteiger partial charge on any atom is -0.395 e. The lowest BCUT2D eigenvalue weighted by molar-refractivity contribution is 0.0882. The molecule has 21 heavy (non-hydrogen) atoms. The summed E-state index contributed by atoms with van der Waals surface area (Å²) in [6.45, 7) is 5.19. The van der Waals surface area contributed by atoms with Crippen LogP contribution in [0.15, 0.2) is 24.3 Å². The molecule has 1 aliphatic rings. The first kappa shape index (κ1) is 16.5. The molecule has 1 aromatic rings. The summed E-state index contributed by atoms with van der Waals surface area (Å²) in [4.78, 5) is 2.46. The van der Waals surface area contributed by atoms with E-state index in [4.69, 9.17) is 5.73 Å². The molecule has 2 unspecified atom stereocenters. The number of aliphatic hydroxyl groups is 1. The van der Waals surface area contributed by atoms with Gasteiger partial charge in [-0.3, -0.25) is 4.90 Å². The molecular weight excluding hydrogens is 260 g/mol. The Hall–Kier alpha value is -0.900. The standard InChI is InChI=1S/C18H30N2O/c1-3-17(19)18(15-10-8-14(2)9-11-15)20(12-13-21)16-6-4-5-7-16/h8-11,16-18,21H,3-7,12-13,19H2,1-2H3. The summed E-state index contributed by atoms with van der Waals surface area (Å²) < 4.78 is 0. The average molecular weight is 290 g/mol. The molecule has 118 valence electrons. The van der Waals surface area contributed by atoms with Gasteiger partial charge in [-0.25, -0.2) is 0 Å². The molecule has 0 radical (unpaired) electrons. The third kappa shape index (κ3) is 4.06. The number of nitrogens with two attached hydrogens (primary N) is 1. The molecule has 1 saturated carbocycles. The van der Waals surface area contributed by atoms with Crippen LogP contribution in [0.1, 0.15) is 56.2 Å². The van der Waals surface area contributed by atoms with Crippen molar-refractivity contribution in [3.63, 3.8) is 0 Å². The molecule has 1 aromatic carbocycles. The summed E-state index contributed by atoms with van der Waals surface area (Å²) in [5, 5.41) is 9.51. The predicted octanol–water partition coefficient (Wildman–Crippen LogP) is 3.01. The second-order valence-corrected chi connectivity index (χ2v) is 6.33. The Labute approximate surface area is 129 Å². The quantitative estimate of drug-likeness (QED) is 0.811. The molecule has 2 rings (SSSR count). The van der Waals surface area contributed by atoms with Gasteiger partial charge in [0.2, 0.25) is 0 Å². The van der Waals surface area contributed by atoms with Crippen LogP contribution in [-0.4, -0.2) is 35.2 Å². The summed E-state index contributed by atoms with van der Waals surface area (Å²) in [7, 11) is 0. The fourth-order valence-electron chi connectivity index (χ4n) is 3.57. The lowest BCUT2D eigenvalue weighted by Crippen LogP contribution is -2.46. The van der Waals surface area contributed by atoms with Crippen LogP contribution in [-0.2, 0) is 0 Å². The molecule has 1 fully saturated rings. The molecule has 3 nitrogen and oxygen atoms in total. The van der Waals surface area contributed by atoms with E-state index >= 15 is 0 Å². The van der Waals surface area contributed by atoms with E-state index in [9.17, 15) is 5.11 Å². The van der Waals surface area contributed by atoms with Gasteiger partial charge in [0, 0.05) is 18.6 Å². The van der Waals surface area contributed by atoms with Crippen LogP contribution in [0.4, 0.5) is 0 Å². The maximum Gasteiger partial charge on any atom is 0.0558 e. The van der Waals surface area contributed by atoms with Gasteiger partial charge in [0.15, 0.2) is 0 Å². The Balaban J connectivity index is 2.29. The Morgan fingerprint density at radius 3 is 2.38 bits per heavy atom. The molecule has 0 aromatic heterocycles. The van der Waals surface area contributed by atoms with Crippen molar-refractivity contribution < 1.29 is 5.11 Å². The van der Waals surface area contributed by atoms with Gasteiger partial charge in [0.25, 0.3) is 0 Å². The molecule has 0 heterocycles. The zero-order valence-corrected chi connectivity index (χ0v) is 13.5. The van der Waals surface area contributed by atoms with Gasteiger partial charge in [-0.15, -0.1) is 0 Å². The van der Waals surface area contributed by atoms with E-state index in [2.05, 4.69) is 43.0 Å². The van der Waals surface area contributed by atoms with E-state index in [1.165, 1.54) is 36.8 Å². The summed E-state index contributed by atoms with van der Waals surface area (Å²) in [5.74, 6) is 0. The molecule has 0 aliphatic heterocycles. The first-order valence-electron chi connectivity index (χ1n) is 8.36. The molecule has 2 atom stereocenters. The Kier molecular flexibility index (Phi) is 6.22. The van der Waals surface area contributed by atoms with Crippen molar-refractivity contribution in [1.29, 1.82) is 0 Å². The Morgan fingerprint density at radius 2 is 1.86 bits per heavy atom. The first-order chi connectivity index (χ1) is 10.2. The van der Waals surface area contributed by atoms with Crippen LogP contribution in [0.25, 0.3) is 0 Å². The molecule has 1 aliphatic carbocycles. The topological polar surface area (TPSA) is 49.5 Å². The minimum atomic E-state index is 0.111. The maximum atomic E-state index is 9.51. The fraction of sp³-hybridized carbons (Fsp3) is 0.667. The monoisotopic (exact) mass is 290 g/mol. The van der Waals surface area contributed by atoms with E-state index in [0.717, 1.165) is 13.0 Å². The molecule has 0 amide bonds. The van der Waals surface area contributed by atoms with Gasteiger partial charge in [-0.1, -0.05) is 49.6 Å². The van der Waals surface area contributed by atoms with Crippen LogP contribution in [0, 0.1) is 6.92 Å². The van der Waals surface area contributed by atoms with Crippen LogP contribution in [0.2, 0.25) is 0 Å². The maximum absolute atomic E-state index is 9.51. The summed E-state index contributed by atoms with van der Waals surface area (Å²) >= 11 is 0. The third-order valence-electron chi connectivity index (χ3n) is 4.81. The number of benzene rings is 1. The van der Waals surface area contributed by atoms with E-state index in [-0.39, 0.29) is 18.7 Å². The highest BCUT2D eigenvalue weighted by Gasteiger charge is 2.32. The molecule has 3 N–H and O–H groups in total. The highest BCUT2D eigenvalue weighted by atomic mass is 16.3. The number of hydrogen-bond donors (Lipinski definition) is 2. The van der Waals surface area contributed by atoms with Crippen LogP contribution in [0.3, 0.4) is 0 Å². The van der Waals surface area contributed by atoms with Gasteiger partial charge in [0.1, 0.15) is 0 Å². The van der Waals surface area contributed by atoms with Crippen LogP contribution >= 0.6 is 0 Å². The average Bonchev–Trinajstić information content (AvgIpc) is 3.02. The third-order valence-corrected chi connectivity index (χ3v) is 4.81. The molecular formula is C18H30N2O. The van der Waals surface area contributed by atoms with Gasteiger partial charge >= 0.3 is 0 Å². The van der Waals surface area contributed by atoms with E-state index < -0.39 is 0 Å². The van der Waals surface area contributed by atoms with E-state index in [1.54, 1.807) is 0 Å². The minimum absolute atomic E-state index is 0.111. The van der Waals surface area contributed by atoms with Gasteiger partial charge < -0.3 is 10.8 Å². The van der Waals surface area contributed by atoms with Gasteiger partial charge in [-0.2, -0.15) is 0 Å². The Morgan fingerprint density at radius 1 is 1.24 bits per heavy atom. The number of rotatable bonds is 7. The van der Waals surface area contributed by atoms with Crippen molar-refractivity contribution in [2.75, 3.05) is 13.2 Å². The molecule has 0 spiro atoms. The van der Waals surface area contributed by atoms with E-state index in [1.807, 2.05) is 0 Å². The zero-order valence-electron chi connectivity index (χ0n) is 13.5. The fourth-order valence-corrected chi connectivity index (χ4v) is 3.57. The largest absolute Gasteiger partial charge is 0.395 e. The van der Waals surface area contributed by atoms with Crippen molar-refractivity contribution in [2.45, 2.75) is 64.1 Å². The number of aryl methyl sites for hydroxylation is 1. The lowest BCUT2D eigenvalue weighted by atomic mass is 9.93. The normalized spacial score (nSPS) is 19.1. The van der Waals surface area contributed by atoms with Crippen molar-refractivity contribution in [3.8, 4) is 0 Å².